The fourth-order valence-electron chi connectivity index (χ4n) is 4.30. The van der Waals surface area contributed by atoms with Crippen molar-refractivity contribution in [2.45, 2.75) is 12.5 Å². The lowest BCUT2D eigenvalue weighted by Crippen LogP contribution is -2.29. The maximum absolute atomic E-state index is 13.3. The molecular weight excluding hydrogens is 438 g/mol. The Kier molecular flexibility index (Phi) is 4.48. The lowest BCUT2D eigenvalue weighted by molar-refractivity contribution is -0.132. The zero-order valence-corrected chi connectivity index (χ0v) is 18.1. The predicted molar refractivity (Wildman–Crippen MR) is 124 cm³/mol. The first-order chi connectivity index (χ1) is 16.1. The van der Waals surface area contributed by atoms with Crippen molar-refractivity contribution in [3.8, 4) is 5.75 Å². The number of pyridine rings is 1. The lowest BCUT2D eigenvalue weighted by Gasteiger charge is -2.22. The molecule has 1 unspecified atom stereocenters. The molecule has 0 bridgehead atoms. The van der Waals surface area contributed by atoms with Gasteiger partial charge in [0.25, 0.3) is 5.78 Å². The molecule has 7 nitrogen and oxygen atoms in total. The number of carbonyl (C=O) groups is 2. The van der Waals surface area contributed by atoms with E-state index in [0.29, 0.717) is 23.0 Å². The molecule has 1 atom stereocenters. The number of aliphatic hydroxyl groups is 1. The van der Waals surface area contributed by atoms with Crippen LogP contribution in [0.5, 0.6) is 5.75 Å². The van der Waals surface area contributed by atoms with Gasteiger partial charge >= 0.3 is 5.91 Å². The van der Waals surface area contributed by atoms with Crippen molar-refractivity contribution in [1.82, 2.24) is 9.97 Å². The number of Topliss-reactive ketones (excluding diaryl/α,β-unsaturated/α-hetero) is 1. The van der Waals surface area contributed by atoms with E-state index in [2.05, 4.69) is 9.97 Å². The number of ketones is 1. The Bertz CT molecular complexity index is 1430. The summed E-state index contributed by atoms with van der Waals surface area (Å²) in [5, 5.41) is 11.7. The van der Waals surface area contributed by atoms with Crippen LogP contribution in [0.15, 0.2) is 72.4 Å². The van der Waals surface area contributed by atoms with E-state index in [1.165, 1.54) is 16.2 Å². The van der Waals surface area contributed by atoms with Crippen LogP contribution in [0.3, 0.4) is 0 Å². The summed E-state index contributed by atoms with van der Waals surface area (Å²) >= 11 is 1.32. The number of anilines is 1. The summed E-state index contributed by atoms with van der Waals surface area (Å²) in [5.74, 6) is -0.972. The fraction of sp³-hybridized carbons (Fsp3) is 0.120. The minimum Gasteiger partial charge on any atom is -0.507 e. The van der Waals surface area contributed by atoms with Crippen LogP contribution in [0.1, 0.15) is 22.9 Å². The van der Waals surface area contributed by atoms with Crippen LogP contribution < -0.4 is 9.64 Å². The standard InChI is InChI=1S/C25H17N3O4S/c29-22(15-8-9-18-14(13-15)10-12-32-18)20-21(17-6-3-4-11-26-17)28(24(31)23(20)30)25-27-16-5-1-2-7-19(16)33-25/h1-9,11,13,21,29H,10,12H2/b22-20+. The smallest absolute Gasteiger partial charge is 0.301 e. The third kappa shape index (κ3) is 3.10. The van der Waals surface area contributed by atoms with E-state index in [1.54, 1.807) is 42.6 Å². The van der Waals surface area contributed by atoms with Crippen LogP contribution in [0.25, 0.3) is 16.0 Å². The van der Waals surface area contributed by atoms with Gasteiger partial charge in [-0.3, -0.25) is 19.5 Å². The summed E-state index contributed by atoms with van der Waals surface area (Å²) in [4.78, 5) is 36.8. The van der Waals surface area contributed by atoms with Gasteiger partial charge in [-0.15, -0.1) is 0 Å². The molecule has 0 spiro atoms. The van der Waals surface area contributed by atoms with Gasteiger partial charge in [-0.2, -0.15) is 0 Å². The SMILES string of the molecule is O=C1C(=O)N(c2nc3ccccc3s2)C(c2ccccn2)/C1=C(\O)c1ccc2c(c1)CCO2. The third-order valence-corrected chi connectivity index (χ3v) is 6.90. The highest BCUT2D eigenvalue weighted by Crippen LogP contribution is 2.44. The number of carbonyl (C=O) groups excluding carboxylic acids is 2. The summed E-state index contributed by atoms with van der Waals surface area (Å²) in [6.07, 6.45) is 2.32. The van der Waals surface area contributed by atoms with Crippen LogP contribution in [-0.4, -0.2) is 33.4 Å². The number of ether oxygens (including phenoxy) is 1. The van der Waals surface area contributed by atoms with Crippen molar-refractivity contribution in [2.24, 2.45) is 0 Å². The number of fused-ring (bicyclic) bond motifs is 2. The molecule has 1 N–H and O–H groups in total. The van der Waals surface area contributed by atoms with Gasteiger partial charge < -0.3 is 9.84 Å². The molecule has 8 heteroatoms. The molecule has 1 saturated heterocycles. The third-order valence-electron chi connectivity index (χ3n) is 5.86. The van der Waals surface area contributed by atoms with Crippen molar-refractivity contribution in [3.05, 3.63) is 89.3 Å². The van der Waals surface area contributed by atoms with Crippen LogP contribution in [0.4, 0.5) is 5.13 Å². The molecular formula is C25H17N3O4S. The highest BCUT2D eigenvalue weighted by atomic mass is 32.1. The van der Waals surface area contributed by atoms with Crippen LogP contribution in [0, 0.1) is 0 Å². The van der Waals surface area contributed by atoms with E-state index in [0.717, 1.165) is 28.0 Å². The minimum absolute atomic E-state index is 0.00294. The van der Waals surface area contributed by atoms with Gasteiger partial charge in [-0.1, -0.05) is 29.5 Å². The van der Waals surface area contributed by atoms with Gasteiger partial charge in [0.05, 0.1) is 28.1 Å². The molecule has 6 rings (SSSR count). The first-order valence-electron chi connectivity index (χ1n) is 10.5. The van der Waals surface area contributed by atoms with E-state index in [1.807, 2.05) is 24.3 Å². The summed E-state index contributed by atoms with van der Waals surface area (Å²) < 4.78 is 6.44. The number of rotatable bonds is 3. The maximum Gasteiger partial charge on any atom is 0.301 e. The first-order valence-corrected chi connectivity index (χ1v) is 11.3. The van der Waals surface area contributed by atoms with Gasteiger partial charge in [0.1, 0.15) is 17.6 Å². The molecule has 1 amide bonds. The number of thiazole rings is 1. The molecule has 2 aliphatic rings. The Hall–Kier alpha value is -4.04. The molecule has 4 heterocycles. The van der Waals surface area contributed by atoms with Crippen LogP contribution >= 0.6 is 11.3 Å². The number of amides is 1. The predicted octanol–water partition coefficient (Wildman–Crippen LogP) is 4.25. The van der Waals surface area contributed by atoms with Crippen molar-refractivity contribution in [2.75, 3.05) is 11.5 Å². The molecule has 2 aromatic carbocycles. The Morgan fingerprint density at radius 2 is 1.94 bits per heavy atom. The van der Waals surface area contributed by atoms with Gasteiger partial charge in [-0.05, 0) is 48.0 Å². The van der Waals surface area contributed by atoms with Crippen LogP contribution in [-0.2, 0) is 16.0 Å². The second-order valence-corrected chi connectivity index (χ2v) is 8.82. The zero-order valence-electron chi connectivity index (χ0n) is 17.3. The Morgan fingerprint density at radius 1 is 1.09 bits per heavy atom. The Morgan fingerprint density at radius 3 is 2.76 bits per heavy atom. The molecule has 0 radical (unpaired) electrons. The number of para-hydroxylation sites is 1. The van der Waals surface area contributed by atoms with Gasteiger partial charge in [0.2, 0.25) is 0 Å². The highest BCUT2D eigenvalue weighted by molar-refractivity contribution is 7.22. The monoisotopic (exact) mass is 455 g/mol. The number of aliphatic hydroxyl groups excluding tert-OH is 1. The van der Waals surface area contributed by atoms with E-state index in [-0.39, 0.29) is 11.3 Å². The topological polar surface area (TPSA) is 92.6 Å². The summed E-state index contributed by atoms with van der Waals surface area (Å²) in [6.45, 7) is 0.579. The van der Waals surface area contributed by atoms with Crippen molar-refractivity contribution >= 4 is 44.1 Å². The molecule has 33 heavy (non-hydrogen) atoms. The highest BCUT2D eigenvalue weighted by Gasteiger charge is 2.48. The fourth-order valence-corrected chi connectivity index (χ4v) is 5.29. The Balaban J connectivity index is 1.55. The lowest BCUT2D eigenvalue weighted by atomic mass is 9.97. The maximum atomic E-state index is 13.3. The van der Waals surface area contributed by atoms with Gasteiger partial charge in [-0.25, -0.2) is 4.98 Å². The van der Waals surface area contributed by atoms with Crippen molar-refractivity contribution in [3.63, 3.8) is 0 Å². The quantitative estimate of drug-likeness (QED) is 0.282. The molecule has 0 aliphatic carbocycles. The van der Waals surface area contributed by atoms with E-state index in [9.17, 15) is 14.7 Å². The Labute approximate surface area is 192 Å². The molecule has 2 aliphatic heterocycles. The summed E-state index contributed by atoms with van der Waals surface area (Å²) in [7, 11) is 0. The largest absolute Gasteiger partial charge is 0.507 e. The normalized spacial score (nSPS) is 19.2. The van der Waals surface area contributed by atoms with Crippen molar-refractivity contribution < 1.29 is 19.4 Å². The van der Waals surface area contributed by atoms with E-state index in [4.69, 9.17) is 4.74 Å². The number of hydrogen-bond donors (Lipinski definition) is 1. The van der Waals surface area contributed by atoms with E-state index >= 15 is 0 Å². The molecule has 162 valence electrons. The zero-order chi connectivity index (χ0) is 22.5. The molecule has 2 aromatic heterocycles. The van der Waals surface area contributed by atoms with Gasteiger partial charge in [0.15, 0.2) is 5.13 Å². The molecule has 1 fully saturated rings. The second-order valence-electron chi connectivity index (χ2n) is 7.81. The minimum atomic E-state index is -0.892. The number of aromatic nitrogens is 2. The average Bonchev–Trinajstić information content (AvgIpc) is 3.55. The summed E-state index contributed by atoms with van der Waals surface area (Å²) in [6, 6.07) is 17.2. The number of hydrogen-bond acceptors (Lipinski definition) is 7. The van der Waals surface area contributed by atoms with Gasteiger partial charge in [0, 0.05) is 18.2 Å². The van der Waals surface area contributed by atoms with E-state index < -0.39 is 17.7 Å². The second kappa shape index (κ2) is 7.53. The van der Waals surface area contributed by atoms with Crippen molar-refractivity contribution in [1.29, 1.82) is 0 Å². The average molecular weight is 455 g/mol. The number of benzene rings is 2. The number of nitrogens with zero attached hydrogens (tertiary/aromatic N) is 3. The molecule has 0 saturated carbocycles. The first kappa shape index (κ1) is 19.6. The molecule has 4 aromatic rings. The summed E-state index contributed by atoms with van der Waals surface area (Å²) in [5.41, 5.74) is 2.62. The van der Waals surface area contributed by atoms with Crippen LogP contribution in [0.2, 0.25) is 0 Å².